The normalized spacial score (nSPS) is 12.2. The molecule has 1 aromatic rings. The molecule has 4 nitrogen and oxygen atoms in total. The van der Waals surface area contributed by atoms with Gasteiger partial charge in [-0.25, -0.2) is 4.39 Å². The first kappa shape index (κ1) is 12.7. The van der Waals surface area contributed by atoms with Gasteiger partial charge in [-0.1, -0.05) is 11.6 Å². The monoisotopic (exact) mass is 247 g/mol. The van der Waals surface area contributed by atoms with Crippen LogP contribution in [0.25, 0.3) is 0 Å². The van der Waals surface area contributed by atoms with Gasteiger partial charge < -0.3 is 15.5 Å². The topological polar surface area (TPSA) is 69.6 Å². The Labute approximate surface area is 96.7 Å². The molecule has 0 fully saturated rings. The molecule has 0 amide bonds. The minimum absolute atomic E-state index is 0.0199. The zero-order chi connectivity index (χ0) is 12.1. The number of halogens is 2. The molecular weight excluding hydrogens is 237 g/mol. The Hall–Kier alpha value is -1.33. The Kier molecular flexibility index (Phi) is 4.52. The van der Waals surface area contributed by atoms with E-state index in [1.807, 2.05) is 0 Å². The van der Waals surface area contributed by atoms with Crippen LogP contribution < -0.4 is 5.32 Å². The van der Waals surface area contributed by atoms with Crippen LogP contribution >= 0.6 is 11.6 Å². The molecule has 0 aromatic heterocycles. The Morgan fingerprint density at radius 1 is 1.50 bits per heavy atom. The van der Waals surface area contributed by atoms with Crippen LogP contribution in [-0.2, 0) is 4.79 Å². The third kappa shape index (κ3) is 4.46. The predicted octanol–water partition coefficient (Wildman–Crippen LogP) is 1.73. The summed E-state index contributed by atoms with van der Waals surface area (Å²) in [6.07, 6.45) is -1.39. The Balaban J connectivity index is 2.51. The molecule has 0 spiro atoms. The second kappa shape index (κ2) is 5.67. The average molecular weight is 248 g/mol. The number of rotatable bonds is 5. The van der Waals surface area contributed by atoms with Crippen molar-refractivity contribution in [1.29, 1.82) is 0 Å². The average Bonchev–Trinajstić information content (AvgIpc) is 2.12. The molecule has 0 aliphatic rings. The standard InChI is InChI=1S/C10H11ClFNO3/c11-6-1-7(12)3-8(2-6)13-5-9(14)4-10(15)16/h1-3,9,13-14H,4-5H2,(H,15,16). The Bertz CT molecular complexity index is 366. The van der Waals surface area contributed by atoms with Crippen molar-refractivity contribution in [1.82, 2.24) is 0 Å². The molecule has 3 N–H and O–H groups in total. The van der Waals surface area contributed by atoms with Gasteiger partial charge in [0.15, 0.2) is 0 Å². The van der Waals surface area contributed by atoms with Gasteiger partial charge in [-0.05, 0) is 18.2 Å². The predicted molar refractivity (Wildman–Crippen MR) is 58.2 cm³/mol. The number of anilines is 1. The van der Waals surface area contributed by atoms with Gasteiger partial charge in [-0.15, -0.1) is 0 Å². The number of hydrogen-bond acceptors (Lipinski definition) is 3. The Morgan fingerprint density at radius 2 is 2.19 bits per heavy atom. The smallest absolute Gasteiger partial charge is 0.306 e. The van der Waals surface area contributed by atoms with Crippen LogP contribution in [0.4, 0.5) is 10.1 Å². The summed E-state index contributed by atoms with van der Waals surface area (Å²) >= 11 is 5.61. The molecule has 0 saturated heterocycles. The minimum atomic E-state index is -1.09. The lowest BCUT2D eigenvalue weighted by atomic mass is 10.2. The van der Waals surface area contributed by atoms with Crippen LogP contribution in [0, 0.1) is 5.82 Å². The molecule has 1 unspecified atom stereocenters. The van der Waals surface area contributed by atoms with Crippen molar-refractivity contribution in [3.05, 3.63) is 29.0 Å². The van der Waals surface area contributed by atoms with Crippen molar-refractivity contribution in [3.8, 4) is 0 Å². The van der Waals surface area contributed by atoms with Crippen LogP contribution in [0.5, 0.6) is 0 Å². The van der Waals surface area contributed by atoms with E-state index in [1.54, 1.807) is 0 Å². The third-order valence-corrected chi connectivity index (χ3v) is 2.03. The fourth-order valence-corrected chi connectivity index (χ4v) is 1.39. The van der Waals surface area contributed by atoms with Gasteiger partial charge in [0.1, 0.15) is 5.82 Å². The van der Waals surface area contributed by atoms with Gasteiger partial charge in [0.05, 0.1) is 12.5 Å². The first-order valence-electron chi connectivity index (χ1n) is 4.57. The van der Waals surface area contributed by atoms with Crippen LogP contribution in [0.2, 0.25) is 5.02 Å². The number of aliphatic hydroxyl groups excluding tert-OH is 1. The number of hydrogen-bond donors (Lipinski definition) is 3. The summed E-state index contributed by atoms with van der Waals surface area (Å²) < 4.78 is 12.9. The van der Waals surface area contributed by atoms with Crippen molar-refractivity contribution in [2.24, 2.45) is 0 Å². The number of benzene rings is 1. The highest BCUT2D eigenvalue weighted by Gasteiger charge is 2.09. The van der Waals surface area contributed by atoms with Crippen molar-refractivity contribution < 1.29 is 19.4 Å². The fourth-order valence-electron chi connectivity index (χ4n) is 1.17. The van der Waals surface area contributed by atoms with Crippen LogP contribution in [0.3, 0.4) is 0 Å². The second-order valence-electron chi connectivity index (χ2n) is 3.29. The summed E-state index contributed by atoms with van der Waals surface area (Å²) in [5, 5.41) is 20.6. The summed E-state index contributed by atoms with van der Waals surface area (Å²) in [6, 6.07) is 3.85. The maximum Gasteiger partial charge on any atom is 0.306 e. The first-order valence-corrected chi connectivity index (χ1v) is 4.95. The molecule has 0 bridgehead atoms. The molecule has 0 radical (unpaired) electrons. The van der Waals surface area contributed by atoms with Crippen LogP contribution in [0.1, 0.15) is 6.42 Å². The van der Waals surface area contributed by atoms with Gasteiger partial charge in [0, 0.05) is 17.3 Å². The van der Waals surface area contributed by atoms with Crippen molar-refractivity contribution in [3.63, 3.8) is 0 Å². The van der Waals surface area contributed by atoms with Crippen LogP contribution in [-0.4, -0.2) is 28.8 Å². The highest BCUT2D eigenvalue weighted by Crippen LogP contribution is 2.17. The van der Waals surface area contributed by atoms with E-state index in [9.17, 15) is 14.3 Å². The van der Waals surface area contributed by atoms with Gasteiger partial charge >= 0.3 is 5.97 Å². The van der Waals surface area contributed by atoms with Gasteiger partial charge in [0.2, 0.25) is 0 Å². The second-order valence-corrected chi connectivity index (χ2v) is 3.73. The molecule has 0 heterocycles. The minimum Gasteiger partial charge on any atom is -0.481 e. The van der Waals surface area contributed by atoms with E-state index in [-0.39, 0.29) is 18.0 Å². The highest BCUT2D eigenvalue weighted by atomic mass is 35.5. The number of aliphatic carboxylic acids is 1. The molecule has 1 rings (SSSR count). The number of carboxylic acid groups (broad SMARTS) is 1. The molecular formula is C10H11ClFNO3. The lowest BCUT2D eigenvalue weighted by Crippen LogP contribution is -2.22. The quantitative estimate of drug-likeness (QED) is 0.741. The van der Waals surface area contributed by atoms with Gasteiger partial charge in [0.25, 0.3) is 0 Å². The molecule has 1 atom stereocenters. The summed E-state index contributed by atoms with van der Waals surface area (Å²) in [4.78, 5) is 10.3. The van der Waals surface area contributed by atoms with Gasteiger partial charge in [-0.3, -0.25) is 4.79 Å². The largest absolute Gasteiger partial charge is 0.481 e. The van der Waals surface area contributed by atoms with Crippen molar-refractivity contribution >= 4 is 23.3 Å². The zero-order valence-corrected chi connectivity index (χ0v) is 9.04. The third-order valence-electron chi connectivity index (χ3n) is 1.81. The van der Waals surface area contributed by atoms with E-state index < -0.39 is 17.9 Å². The molecule has 0 aliphatic carbocycles. The van der Waals surface area contributed by atoms with E-state index in [0.29, 0.717) is 5.69 Å². The first-order chi connectivity index (χ1) is 7.47. The molecule has 88 valence electrons. The number of carboxylic acids is 1. The van der Waals surface area contributed by atoms with Crippen LogP contribution in [0.15, 0.2) is 18.2 Å². The summed E-state index contributed by atoms with van der Waals surface area (Å²) in [5.74, 6) is -1.59. The fraction of sp³-hybridized carbons (Fsp3) is 0.300. The molecule has 6 heteroatoms. The zero-order valence-electron chi connectivity index (χ0n) is 8.28. The number of aliphatic hydroxyl groups is 1. The summed E-state index contributed by atoms with van der Waals surface area (Å²) in [7, 11) is 0. The molecule has 1 aromatic carbocycles. The number of nitrogens with one attached hydrogen (secondary N) is 1. The van der Waals surface area contributed by atoms with E-state index in [1.165, 1.54) is 12.1 Å². The molecule has 16 heavy (non-hydrogen) atoms. The maximum atomic E-state index is 12.9. The molecule has 0 saturated carbocycles. The van der Waals surface area contributed by atoms with Crippen molar-refractivity contribution in [2.45, 2.75) is 12.5 Å². The van der Waals surface area contributed by atoms with Crippen molar-refractivity contribution in [2.75, 3.05) is 11.9 Å². The van der Waals surface area contributed by atoms with E-state index in [2.05, 4.69) is 5.32 Å². The van der Waals surface area contributed by atoms with E-state index in [0.717, 1.165) is 6.07 Å². The summed E-state index contributed by atoms with van der Waals surface area (Å²) in [5.41, 5.74) is 0.398. The summed E-state index contributed by atoms with van der Waals surface area (Å²) in [6.45, 7) is 0.0199. The van der Waals surface area contributed by atoms with E-state index in [4.69, 9.17) is 16.7 Å². The lowest BCUT2D eigenvalue weighted by Gasteiger charge is -2.11. The number of carbonyl (C=O) groups is 1. The molecule has 0 aliphatic heterocycles. The lowest BCUT2D eigenvalue weighted by molar-refractivity contribution is -0.138. The highest BCUT2D eigenvalue weighted by molar-refractivity contribution is 6.30. The SMILES string of the molecule is O=C(O)CC(O)CNc1cc(F)cc(Cl)c1. The Morgan fingerprint density at radius 3 is 2.75 bits per heavy atom. The maximum absolute atomic E-state index is 12.9. The van der Waals surface area contributed by atoms with Gasteiger partial charge in [-0.2, -0.15) is 0 Å². The van der Waals surface area contributed by atoms with E-state index >= 15 is 0 Å².